The van der Waals surface area contributed by atoms with Crippen molar-refractivity contribution in [1.29, 1.82) is 0 Å². The van der Waals surface area contributed by atoms with Gasteiger partial charge in [-0.2, -0.15) is 0 Å². The molecule has 2 rings (SSSR count). The molecule has 0 aliphatic carbocycles. The summed E-state index contributed by atoms with van der Waals surface area (Å²) in [6.07, 6.45) is 5.15. The van der Waals surface area contributed by atoms with Crippen molar-refractivity contribution in [2.75, 3.05) is 18.4 Å². The van der Waals surface area contributed by atoms with Crippen LogP contribution in [0.2, 0.25) is 0 Å². The molecular weight excluding hydrogens is 344 g/mol. The zero-order valence-corrected chi connectivity index (χ0v) is 16.3. The van der Waals surface area contributed by atoms with Crippen molar-refractivity contribution >= 4 is 23.5 Å². The molecule has 0 bridgehead atoms. The Morgan fingerprint density at radius 1 is 1.00 bits per heavy atom. The van der Waals surface area contributed by atoms with Gasteiger partial charge in [-0.05, 0) is 49.9 Å². The number of anilines is 1. The molecule has 1 fully saturated rings. The maximum absolute atomic E-state index is 12.6. The Morgan fingerprint density at radius 3 is 2.04 bits per heavy atom. The Kier molecular flexibility index (Phi) is 7.39. The summed E-state index contributed by atoms with van der Waals surface area (Å²) in [7, 11) is 0. The van der Waals surface area contributed by atoms with Crippen LogP contribution in [-0.2, 0) is 9.59 Å². The third-order valence-electron chi connectivity index (χ3n) is 5.62. The minimum atomic E-state index is -1.03. The molecule has 1 heterocycles. The zero-order chi connectivity index (χ0) is 19.9. The van der Waals surface area contributed by atoms with Gasteiger partial charge in [0.05, 0.1) is 5.41 Å². The fourth-order valence-electron chi connectivity index (χ4n) is 3.54. The SMILES string of the molecule is CCC(CC)(CC(=O)Nc1ccc(C(=O)N2CCCCCC2)cc1)C(=O)O. The minimum Gasteiger partial charge on any atom is -0.481 e. The Morgan fingerprint density at radius 2 is 1.56 bits per heavy atom. The fraction of sp³-hybridized carbons (Fsp3) is 0.571. The standard InChI is InChI=1S/C21H30N2O4/c1-3-21(4-2,20(26)27)15-18(24)22-17-11-9-16(10-12-17)19(25)23-13-7-5-6-8-14-23/h9-12H,3-8,13-15H2,1-2H3,(H,22,24)(H,26,27). The summed E-state index contributed by atoms with van der Waals surface area (Å²) in [6.45, 7) is 5.16. The van der Waals surface area contributed by atoms with Gasteiger partial charge < -0.3 is 15.3 Å². The summed E-state index contributed by atoms with van der Waals surface area (Å²) in [5, 5.41) is 12.2. The highest BCUT2D eigenvalue weighted by atomic mass is 16.4. The Hall–Kier alpha value is -2.37. The number of nitrogens with one attached hydrogen (secondary N) is 1. The number of hydrogen-bond donors (Lipinski definition) is 2. The first-order chi connectivity index (χ1) is 12.9. The number of benzene rings is 1. The van der Waals surface area contributed by atoms with E-state index in [9.17, 15) is 19.5 Å². The minimum absolute atomic E-state index is 0.0247. The van der Waals surface area contributed by atoms with Crippen LogP contribution in [-0.4, -0.2) is 40.9 Å². The highest BCUT2D eigenvalue weighted by Crippen LogP contribution is 2.31. The topological polar surface area (TPSA) is 86.7 Å². The molecule has 2 N–H and O–H groups in total. The first-order valence-electron chi connectivity index (χ1n) is 9.84. The molecule has 6 nitrogen and oxygen atoms in total. The predicted octanol–water partition coefficient (Wildman–Crippen LogP) is 3.92. The number of carboxylic acid groups (broad SMARTS) is 1. The van der Waals surface area contributed by atoms with Crippen LogP contribution >= 0.6 is 0 Å². The molecule has 0 unspecified atom stereocenters. The van der Waals surface area contributed by atoms with Gasteiger partial charge in [0.25, 0.3) is 5.91 Å². The monoisotopic (exact) mass is 374 g/mol. The summed E-state index contributed by atoms with van der Waals surface area (Å²) in [5.41, 5.74) is 0.142. The smallest absolute Gasteiger partial charge is 0.310 e. The lowest BCUT2D eigenvalue weighted by atomic mass is 9.79. The maximum atomic E-state index is 12.6. The molecule has 1 aromatic carbocycles. The normalized spacial score (nSPS) is 15.1. The molecule has 27 heavy (non-hydrogen) atoms. The van der Waals surface area contributed by atoms with E-state index < -0.39 is 11.4 Å². The maximum Gasteiger partial charge on any atom is 0.310 e. The molecule has 1 aromatic rings. The van der Waals surface area contributed by atoms with Crippen LogP contribution < -0.4 is 5.32 Å². The van der Waals surface area contributed by atoms with E-state index in [1.54, 1.807) is 38.1 Å². The number of rotatable bonds is 7. The number of nitrogens with zero attached hydrogens (tertiary/aromatic N) is 1. The largest absolute Gasteiger partial charge is 0.481 e. The molecule has 0 radical (unpaired) electrons. The van der Waals surface area contributed by atoms with E-state index in [1.165, 1.54) is 12.8 Å². The predicted molar refractivity (Wildman–Crippen MR) is 105 cm³/mol. The second-order valence-electron chi connectivity index (χ2n) is 7.30. The van der Waals surface area contributed by atoms with Crippen molar-refractivity contribution in [3.63, 3.8) is 0 Å². The lowest BCUT2D eigenvalue weighted by Crippen LogP contribution is -2.34. The van der Waals surface area contributed by atoms with Crippen molar-refractivity contribution in [2.24, 2.45) is 5.41 Å². The molecule has 0 aromatic heterocycles. The van der Waals surface area contributed by atoms with Gasteiger partial charge in [-0.3, -0.25) is 14.4 Å². The number of aliphatic carboxylic acids is 1. The molecule has 0 spiro atoms. The molecule has 1 aliphatic heterocycles. The number of carbonyl (C=O) groups excluding carboxylic acids is 2. The molecular formula is C21H30N2O4. The molecule has 1 aliphatic rings. The Balaban J connectivity index is 1.99. The van der Waals surface area contributed by atoms with E-state index in [0.29, 0.717) is 24.1 Å². The molecule has 1 saturated heterocycles. The average molecular weight is 374 g/mol. The zero-order valence-electron chi connectivity index (χ0n) is 16.3. The van der Waals surface area contributed by atoms with E-state index in [1.807, 2.05) is 4.90 Å². The van der Waals surface area contributed by atoms with Crippen molar-refractivity contribution in [1.82, 2.24) is 4.90 Å². The van der Waals surface area contributed by atoms with Crippen LogP contribution in [0.15, 0.2) is 24.3 Å². The van der Waals surface area contributed by atoms with Gasteiger partial charge in [0, 0.05) is 30.8 Å². The Bertz CT molecular complexity index is 657. The van der Waals surface area contributed by atoms with Gasteiger partial charge in [0.15, 0.2) is 0 Å². The lowest BCUT2D eigenvalue weighted by Gasteiger charge is -2.25. The van der Waals surface area contributed by atoms with Gasteiger partial charge in [-0.15, -0.1) is 0 Å². The van der Waals surface area contributed by atoms with Gasteiger partial charge in [-0.1, -0.05) is 26.7 Å². The number of carboxylic acids is 1. The van der Waals surface area contributed by atoms with Gasteiger partial charge in [0.1, 0.15) is 0 Å². The fourth-order valence-corrected chi connectivity index (χ4v) is 3.54. The summed E-state index contributed by atoms with van der Waals surface area (Å²) < 4.78 is 0. The van der Waals surface area contributed by atoms with E-state index in [2.05, 4.69) is 5.32 Å². The van der Waals surface area contributed by atoms with E-state index in [4.69, 9.17) is 0 Å². The number of carbonyl (C=O) groups is 3. The van der Waals surface area contributed by atoms with Crippen LogP contribution in [0.4, 0.5) is 5.69 Å². The third kappa shape index (κ3) is 5.31. The second kappa shape index (κ2) is 9.53. The summed E-state index contributed by atoms with van der Waals surface area (Å²) >= 11 is 0. The quantitative estimate of drug-likeness (QED) is 0.757. The molecule has 6 heteroatoms. The van der Waals surface area contributed by atoms with Crippen LogP contribution in [0.3, 0.4) is 0 Å². The molecule has 148 valence electrons. The number of likely N-dealkylation sites (tertiary alicyclic amines) is 1. The highest BCUT2D eigenvalue weighted by molar-refractivity contribution is 5.96. The van der Waals surface area contributed by atoms with Crippen molar-refractivity contribution in [2.45, 2.75) is 58.8 Å². The number of amides is 2. The summed E-state index contributed by atoms with van der Waals surface area (Å²) in [4.78, 5) is 38.3. The van der Waals surface area contributed by atoms with E-state index in [-0.39, 0.29) is 18.2 Å². The molecule has 2 amide bonds. The van der Waals surface area contributed by atoms with Gasteiger partial charge >= 0.3 is 5.97 Å². The summed E-state index contributed by atoms with van der Waals surface area (Å²) in [6, 6.07) is 6.83. The van der Waals surface area contributed by atoms with E-state index >= 15 is 0 Å². The van der Waals surface area contributed by atoms with Crippen LogP contribution in [0, 0.1) is 5.41 Å². The average Bonchev–Trinajstić information content (AvgIpc) is 2.95. The van der Waals surface area contributed by atoms with Crippen molar-refractivity contribution in [3.05, 3.63) is 29.8 Å². The van der Waals surface area contributed by atoms with E-state index in [0.717, 1.165) is 25.9 Å². The Labute approximate surface area is 160 Å². The van der Waals surface area contributed by atoms with Crippen LogP contribution in [0.25, 0.3) is 0 Å². The second-order valence-corrected chi connectivity index (χ2v) is 7.30. The molecule has 0 atom stereocenters. The van der Waals surface area contributed by atoms with Gasteiger partial charge in [0.2, 0.25) is 5.91 Å². The molecule has 0 saturated carbocycles. The first kappa shape index (κ1) is 20.9. The highest BCUT2D eigenvalue weighted by Gasteiger charge is 2.37. The van der Waals surface area contributed by atoms with Crippen molar-refractivity contribution in [3.8, 4) is 0 Å². The number of hydrogen-bond acceptors (Lipinski definition) is 3. The lowest BCUT2D eigenvalue weighted by molar-refractivity contribution is -0.151. The summed E-state index contributed by atoms with van der Waals surface area (Å²) in [5.74, 6) is -1.25. The first-order valence-corrected chi connectivity index (χ1v) is 9.84. The third-order valence-corrected chi connectivity index (χ3v) is 5.62. The van der Waals surface area contributed by atoms with Crippen molar-refractivity contribution < 1.29 is 19.5 Å². The van der Waals surface area contributed by atoms with Crippen LogP contribution in [0.1, 0.15) is 69.2 Å². The van der Waals surface area contributed by atoms with Crippen LogP contribution in [0.5, 0.6) is 0 Å². The van der Waals surface area contributed by atoms with Gasteiger partial charge in [-0.25, -0.2) is 0 Å².